The lowest BCUT2D eigenvalue weighted by atomic mass is 10.2. The molecule has 0 bridgehead atoms. The molecule has 0 saturated carbocycles. The summed E-state index contributed by atoms with van der Waals surface area (Å²) in [5, 5.41) is 8.29. The summed E-state index contributed by atoms with van der Waals surface area (Å²) in [6.45, 7) is 1.64. The Morgan fingerprint density at radius 3 is 2.58 bits per heavy atom. The van der Waals surface area contributed by atoms with Crippen molar-refractivity contribution in [3.8, 4) is 0 Å². The Bertz CT molecular complexity index is 153. The van der Waals surface area contributed by atoms with E-state index in [1.165, 1.54) is 0 Å². The Hall–Kier alpha value is -0.900. The molecule has 0 heterocycles. The lowest BCUT2D eigenvalue weighted by Gasteiger charge is -2.00. The minimum atomic E-state index is -0.553. The lowest BCUT2D eigenvalue weighted by molar-refractivity contribution is -0.146. The second kappa shape index (κ2) is 6.79. The molecule has 0 radical (unpaired) electrons. The maximum atomic E-state index is 10.9. The molecular formula is C8H14O4. The van der Waals surface area contributed by atoms with Gasteiger partial charge >= 0.3 is 5.97 Å². The smallest absolute Gasteiger partial charge is 0.313 e. The molecule has 0 aromatic carbocycles. The predicted molar refractivity (Wildman–Crippen MR) is 42.6 cm³/mol. The van der Waals surface area contributed by atoms with Crippen LogP contribution in [0, 0.1) is 0 Å². The van der Waals surface area contributed by atoms with E-state index in [-0.39, 0.29) is 25.4 Å². The Kier molecular flexibility index (Phi) is 6.28. The molecule has 0 unspecified atom stereocenters. The van der Waals surface area contributed by atoms with Gasteiger partial charge in [0.1, 0.15) is 18.8 Å². The van der Waals surface area contributed by atoms with E-state index in [1.807, 2.05) is 6.92 Å². The van der Waals surface area contributed by atoms with Crippen molar-refractivity contribution in [2.45, 2.75) is 26.2 Å². The van der Waals surface area contributed by atoms with Crippen molar-refractivity contribution in [2.24, 2.45) is 0 Å². The van der Waals surface area contributed by atoms with Crippen LogP contribution in [0.15, 0.2) is 0 Å². The Morgan fingerprint density at radius 1 is 1.42 bits per heavy atom. The number of aliphatic hydroxyl groups excluding tert-OH is 1. The molecule has 12 heavy (non-hydrogen) atoms. The standard InChI is InChI=1S/C8H14O4/c1-2-3-7(10)6-8(11)12-5-4-9/h9H,2-6H2,1H3. The third-order valence-electron chi connectivity index (χ3n) is 1.22. The quantitative estimate of drug-likeness (QED) is 0.464. The number of hydrogen-bond acceptors (Lipinski definition) is 4. The lowest BCUT2D eigenvalue weighted by Crippen LogP contribution is -2.13. The number of esters is 1. The first-order chi connectivity index (χ1) is 5.70. The van der Waals surface area contributed by atoms with Crippen molar-refractivity contribution < 1.29 is 19.4 Å². The third kappa shape index (κ3) is 5.85. The minimum absolute atomic E-state index is 0.0295. The highest BCUT2D eigenvalue weighted by atomic mass is 16.5. The van der Waals surface area contributed by atoms with E-state index in [0.717, 1.165) is 6.42 Å². The highest BCUT2D eigenvalue weighted by Gasteiger charge is 2.08. The number of aliphatic hydroxyl groups is 1. The average molecular weight is 174 g/mol. The largest absolute Gasteiger partial charge is 0.463 e. The maximum Gasteiger partial charge on any atom is 0.313 e. The van der Waals surface area contributed by atoms with Crippen molar-refractivity contribution in [1.29, 1.82) is 0 Å². The average Bonchev–Trinajstić information content (AvgIpc) is 2.01. The van der Waals surface area contributed by atoms with E-state index in [9.17, 15) is 9.59 Å². The van der Waals surface area contributed by atoms with E-state index < -0.39 is 5.97 Å². The van der Waals surface area contributed by atoms with Gasteiger partial charge in [-0.2, -0.15) is 0 Å². The summed E-state index contributed by atoms with van der Waals surface area (Å²) in [4.78, 5) is 21.6. The van der Waals surface area contributed by atoms with Gasteiger partial charge in [-0.3, -0.25) is 9.59 Å². The number of hydrogen-bond donors (Lipinski definition) is 1. The number of ketones is 1. The first-order valence-corrected chi connectivity index (χ1v) is 3.99. The van der Waals surface area contributed by atoms with Crippen LogP contribution in [-0.4, -0.2) is 30.1 Å². The summed E-state index contributed by atoms with van der Waals surface area (Å²) in [5.74, 6) is -0.664. The van der Waals surface area contributed by atoms with Crippen LogP contribution in [0.5, 0.6) is 0 Å². The number of Topliss-reactive ketones (excluding diaryl/α,β-unsaturated/α-hetero) is 1. The van der Waals surface area contributed by atoms with Crippen LogP contribution in [0.2, 0.25) is 0 Å². The van der Waals surface area contributed by atoms with Crippen molar-refractivity contribution in [1.82, 2.24) is 0 Å². The SMILES string of the molecule is CCCC(=O)CC(=O)OCCO. The van der Waals surface area contributed by atoms with Gasteiger partial charge in [0.25, 0.3) is 0 Å². The summed E-state index contributed by atoms with van der Waals surface area (Å²) in [6.07, 6.45) is 0.980. The van der Waals surface area contributed by atoms with Gasteiger partial charge in [0, 0.05) is 6.42 Å². The van der Waals surface area contributed by atoms with E-state index in [4.69, 9.17) is 5.11 Å². The van der Waals surface area contributed by atoms with Gasteiger partial charge in [-0.25, -0.2) is 0 Å². The van der Waals surface area contributed by atoms with Gasteiger partial charge in [0.15, 0.2) is 0 Å². The second-order valence-corrected chi connectivity index (χ2v) is 2.41. The molecule has 0 aliphatic rings. The van der Waals surface area contributed by atoms with Crippen molar-refractivity contribution in [3.05, 3.63) is 0 Å². The molecule has 4 nitrogen and oxygen atoms in total. The monoisotopic (exact) mass is 174 g/mol. The molecule has 4 heteroatoms. The Balaban J connectivity index is 3.47. The Labute approximate surface area is 71.5 Å². The molecule has 0 spiro atoms. The fourth-order valence-corrected chi connectivity index (χ4v) is 0.739. The summed E-state index contributed by atoms with van der Waals surface area (Å²) in [5.41, 5.74) is 0. The van der Waals surface area contributed by atoms with Gasteiger partial charge in [-0.15, -0.1) is 0 Å². The van der Waals surface area contributed by atoms with Crippen molar-refractivity contribution in [2.75, 3.05) is 13.2 Å². The molecule has 0 rings (SSSR count). The molecule has 0 amide bonds. The highest BCUT2D eigenvalue weighted by Crippen LogP contribution is 1.95. The summed E-state index contributed by atoms with van der Waals surface area (Å²) < 4.78 is 4.50. The fraction of sp³-hybridized carbons (Fsp3) is 0.750. The summed E-state index contributed by atoms with van der Waals surface area (Å²) in [7, 11) is 0. The molecule has 70 valence electrons. The highest BCUT2D eigenvalue weighted by molar-refractivity contribution is 5.95. The predicted octanol–water partition coefficient (Wildman–Crippen LogP) is 0.281. The molecule has 0 aliphatic carbocycles. The van der Waals surface area contributed by atoms with Gasteiger partial charge in [-0.05, 0) is 6.42 Å². The number of carbonyl (C=O) groups excluding carboxylic acids is 2. The summed E-state index contributed by atoms with van der Waals surface area (Å²) in [6, 6.07) is 0. The normalized spacial score (nSPS) is 9.50. The number of rotatable bonds is 6. The van der Waals surface area contributed by atoms with Crippen LogP contribution >= 0.6 is 0 Å². The first kappa shape index (κ1) is 11.1. The maximum absolute atomic E-state index is 10.9. The zero-order valence-corrected chi connectivity index (χ0v) is 7.21. The van der Waals surface area contributed by atoms with E-state index >= 15 is 0 Å². The number of ether oxygens (including phenoxy) is 1. The minimum Gasteiger partial charge on any atom is -0.463 e. The van der Waals surface area contributed by atoms with Crippen LogP contribution in [0.3, 0.4) is 0 Å². The van der Waals surface area contributed by atoms with E-state index in [0.29, 0.717) is 6.42 Å². The third-order valence-corrected chi connectivity index (χ3v) is 1.22. The van der Waals surface area contributed by atoms with Crippen LogP contribution in [0.25, 0.3) is 0 Å². The van der Waals surface area contributed by atoms with Crippen LogP contribution in [0.1, 0.15) is 26.2 Å². The molecule has 1 N–H and O–H groups in total. The van der Waals surface area contributed by atoms with Crippen molar-refractivity contribution >= 4 is 11.8 Å². The Morgan fingerprint density at radius 2 is 2.08 bits per heavy atom. The molecule has 0 saturated heterocycles. The topological polar surface area (TPSA) is 63.6 Å². The van der Waals surface area contributed by atoms with Gasteiger partial charge in [0.2, 0.25) is 0 Å². The molecule has 0 atom stereocenters. The van der Waals surface area contributed by atoms with Gasteiger partial charge in [0.05, 0.1) is 6.61 Å². The zero-order chi connectivity index (χ0) is 9.40. The van der Waals surface area contributed by atoms with E-state index in [1.54, 1.807) is 0 Å². The van der Waals surface area contributed by atoms with Crippen LogP contribution in [-0.2, 0) is 14.3 Å². The molecule has 0 aromatic heterocycles. The molecule has 0 aromatic rings. The van der Waals surface area contributed by atoms with Crippen LogP contribution in [0.4, 0.5) is 0 Å². The molecule has 0 fully saturated rings. The molecular weight excluding hydrogens is 160 g/mol. The molecule has 0 aliphatic heterocycles. The summed E-state index contributed by atoms with van der Waals surface area (Å²) >= 11 is 0. The van der Waals surface area contributed by atoms with Crippen LogP contribution < -0.4 is 0 Å². The first-order valence-electron chi connectivity index (χ1n) is 3.99. The van der Waals surface area contributed by atoms with Gasteiger partial charge < -0.3 is 9.84 Å². The van der Waals surface area contributed by atoms with Gasteiger partial charge in [-0.1, -0.05) is 6.92 Å². The second-order valence-electron chi connectivity index (χ2n) is 2.41. The zero-order valence-electron chi connectivity index (χ0n) is 7.21. The van der Waals surface area contributed by atoms with E-state index in [2.05, 4.69) is 4.74 Å². The van der Waals surface area contributed by atoms with Crippen molar-refractivity contribution in [3.63, 3.8) is 0 Å². The fourth-order valence-electron chi connectivity index (χ4n) is 0.739. The number of carbonyl (C=O) groups is 2.